The van der Waals surface area contributed by atoms with E-state index in [9.17, 15) is 4.79 Å². The second kappa shape index (κ2) is 6.33. The van der Waals surface area contributed by atoms with Crippen molar-refractivity contribution in [3.63, 3.8) is 0 Å². The van der Waals surface area contributed by atoms with Crippen LogP contribution < -0.4 is 15.0 Å². The van der Waals surface area contributed by atoms with Gasteiger partial charge >= 0.3 is 0 Å². The van der Waals surface area contributed by atoms with E-state index in [0.717, 1.165) is 5.56 Å². The van der Waals surface area contributed by atoms with Crippen molar-refractivity contribution in [2.45, 2.75) is 26.0 Å². The van der Waals surface area contributed by atoms with E-state index in [0.29, 0.717) is 36.4 Å². The third-order valence-corrected chi connectivity index (χ3v) is 4.44. The Hall–Kier alpha value is -2.67. The monoisotopic (exact) mass is 340 g/mol. The first kappa shape index (κ1) is 15.8. The quantitative estimate of drug-likeness (QED) is 0.902. The van der Waals surface area contributed by atoms with Crippen LogP contribution in [0.3, 0.4) is 0 Å². The average Bonchev–Trinajstić information content (AvgIpc) is 2.62. The number of benzene rings is 1. The topological polar surface area (TPSA) is 76.6 Å². The summed E-state index contributed by atoms with van der Waals surface area (Å²) in [5, 5.41) is 2.77. The highest BCUT2D eigenvalue weighted by Crippen LogP contribution is 2.34. The van der Waals surface area contributed by atoms with Gasteiger partial charge < -0.3 is 19.7 Å². The van der Waals surface area contributed by atoms with Gasteiger partial charge in [0.1, 0.15) is 0 Å². The van der Waals surface area contributed by atoms with E-state index in [1.807, 2.05) is 32.0 Å². The van der Waals surface area contributed by atoms with Gasteiger partial charge in [0, 0.05) is 6.54 Å². The molecular formula is C18H20N4O3. The molecule has 4 rings (SSSR count). The van der Waals surface area contributed by atoms with Crippen molar-refractivity contribution >= 4 is 17.7 Å². The van der Waals surface area contributed by atoms with E-state index in [-0.39, 0.29) is 24.7 Å². The first-order valence-corrected chi connectivity index (χ1v) is 8.36. The van der Waals surface area contributed by atoms with E-state index in [1.165, 1.54) is 0 Å². The second-order valence-corrected chi connectivity index (χ2v) is 6.35. The van der Waals surface area contributed by atoms with Crippen LogP contribution in [-0.2, 0) is 9.53 Å². The van der Waals surface area contributed by atoms with E-state index in [1.54, 1.807) is 0 Å². The minimum atomic E-state index is -0.202. The molecule has 7 heteroatoms. The Balaban J connectivity index is 1.74. The smallest absolute Gasteiger partial charge is 0.263 e. The molecule has 3 heterocycles. The number of aryl methyl sites for hydroxylation is 1. The number of fused-ring (bicyclic) bond motifs is 1. The van der Waals surface area contributed by atoms with Crippen LogP contribution in [0.25, 0.3) is 0 Å². The highest BCUT2D eigenvalue weighted by atomic mass is 16.5. The van der Waals surface area contributed by atoms with Crippen molar-refractivity contribution < 1.29 is 14.3 Å². The van der Waals surface area contributed by atoms with Crippen LogP contribution in [0.4, 0.5) is 11.8 Å². The zero-order chi connectivity index (χ0) is 17.4. The number of carbonyl (C=O) groups excluding carboxylic acids is 1. The fraction of sp³-hybridized carbons (Fsp3) is 0.389. The molecule has 1 aromatic heterocycles. The first-order chi connectivity index (χ1) is 12.1. The maximum absolute atomic E-state index is 11.6. The average molecular weight is 340 g/mol. The number of carbonyl (C=O) groups is 1. The Morgan fingerprint density at radius 2 is 2.04 bits per heavy atom. The SMILES string of the molecule is Cc1nc(N2C[C@@H](C)OC[C@H]2c2ccccc2)nc2c1OCC(=O)N2. The van der Waals surface area contributed by atoms with Gasteiger partial charge in [0.25, 0.3) is 5.91 Å². The molecule has 130 valence electrons. The van der Waals surface area contributed by atoms with Crippen LogP contribution in [0, 0.1) is 6.92 Å². The third-order valence-electron chi connectivity index (χ3n) is 4.44. The molecule has 1 aromatic carbocycles. The zero-order valence-corrected chi connectivity index (χ0v) is 14.2. The number of hydrogen-bond donors (Lipinski definition) is 1. The molecule has 0 bridgehead atoms. The lowest BCUT2D eigenvalue weighted by Gasteiger charge is -2.39. The van der Waals surface area contributed by atoms with Gasteiger partial charge in [-0.3, -0.25) is 4.79 Å². The summed E-state index contributed by atoms with van der Waals surface area (Å²) in [4.78, 5) is 23.0. The number of morpholine rings is 1. The van der Waals surface area contributed by atoms with Crippen LogP contribution >= 0.6 is 0 Å². The lowest BCUT2D eigenvalue weighted by molar-refractivity contribution is -0.118. The molecule has 1 saturated heterocycles. The minimum Gasteiger partial charge on any atom is -0.478 e. The number of aromatic nitrogens is 2. The Kier molecular flexibility index (Phi) is 4.01. The summed E-state index contributed by atoms with van der Waals surface area (Å²) in [6.07, 6.45) is 0.0748. The molecule has 2 aromatic rings. The lowest BCUT2D eigenvalue weighted by Crippen LogP contribution is -2.44. The summed E-state index contributed by atoms with van der Waals surface area (Å²) < 4.78 is 11.3. The summed E-state index contributed by atoms with van der Waals surface area (Å²) in [6, 6.07) is 10.2. The normalized spacial score (nSPS) is 22.8. The Labute approximate surface area is 146 Å². The number of hydrogen-bond acceptors (Lipinski definition) is 6. The predicted molar refractivity (Wildman–Crippen MR) is 92.8 cm³/mol. The molecule has 2 atom stereocenters. The van der Waals surface area contributed by atoms with Gasteiger partial charge in [0.2, 0.25) is 5.95 Å². The molecule has 1 amide bonds. The number of ether oxygens (including phenoxy) is 2. The maximum atomic E-state index is 11.6. The van der Waals surface area contributed by atoms with Crippen molar-refractivity contribution in [2.24, 2.45) is 0 Å². The van der Waals surface area contributed by atoms with E-state index in [2.05, 4.69) is 32.3 Å². The molecule has 0 aliphatic carbocycles. The highest BCUT2D eigenvalue weighted by molar-refractivity contribution is 5.94. The van der Waals surface area contributed by atoms with E-state index in [4.69, 9.17) is 9.47 Å². The van der Waals surface area contributed by atoms with Crippen molar-refractivity contribution in [1.82, 2.24) is 9.97 Å². The minimum absolute atomic E-state index is 0.00221. The van der Waals surface area contributed by atoms with Gasteiger partial charge in [-0.2, -0.15) is 4.98 Å². The zero-order valence-electron chi connectivity index (χ0n) is 14.2. The van der Waals surface area contributed by atoms with Crippen molar-refractivity contribution in [2.75, 3.05) is 30.0 Å². The molecule has 0 spiro atoms. The number of rotatable bonds is 2. The first-order valence-electron chi connectivity index (χ1n) is 8.36. The Bertz CT molecular complexity index is 796. The predicted octanol–water partition coefficient (Wildman–Crippen LogP) is 2.08. The fourth-order valence-corrected chi connectivity index (χ4v) is 3.21. The summed E-state index contributed by atoms with van der Waals surface area (Å²) in [5.41, 5.74) is 1.86. The summed E-state index contributed by atoms with van der Waals surface area (Å²) >= 11 is 0. The molecule has 7 nitrogen and oxygen atoms in total. The molecule has 2 aliphatic rings. The number of nitrogens with one attached hydrogen (secondary N) is 1. The van der Waals surface area contributed by atoms with Gasteiger partial charge in [0.15, 0.2) is 18.2 Å². The van der Waals surface area contributed by atoms with Crippen LogP contribution in [0.5, 0.6) is 5.75 Å². The van der Waals surface area contributed by atoms with Crippen molar-refractivity contribution in [3.05, 3.63) is 41.6 Å². The van der Waals surface area contributed by atoms with Crippen molar-refractivity contribution in [3.8, 4) is 5.75 Å². The highest BCUT2D eigenvalue weighted by Gasteiger charge is 2.32. The van der Waals surface area contributed by atoms with Crippen LogP contribution in [0.2, 0.25) is 0 Å². The number of anilines is 2. The standard InChI is InChI=1S/C18H20N4O3/c1-11-8-22(14(9-24-11)13-6-4-3-5-7-13)18-19-12(2)16-17(21-18)20-15(23)10-25-16/h3-7,11,14H,8-10H2,1-2H3,(H,19,20,21,23)/t11-,14+/m1/s1. The molecule has 2 aliphatic heterocycles. The Morgan fingerprint density at radius 3 is 2.84 bits per heavy atom. The molecule has 0 unspecified atom stereocenters. The summed E-state index contributed by atoms with van der Waals surface area (Å²) in [6.45, 7) is 5.13. The van der Waals surface area contributed by atoms with Gasteiger partial charge in [-0.25, -0.2) is 4.98 Å². The molecule has 25 heavy (non-hydrogen) atoms. The van der Waals surface area contributed by atoms with E-state index < -0.39 is 0 Å². The van der Waals surface area contributed by atoms with E-state index >= 15 is 0 Å². The van der Waals surface area contributed by atoms with Gasteiger partial charge in [-0.05, 0) is 19.4 Å². The third kappa shape index (κ3) is 3.02. The lowest BCUT2D eigenvalue weighted by atomic mass is 10.0. The Morgan fingerprint density at radius 1 is 1.24 bits per heavy atom. The van der Waals surface area contributed by atoms with Gasteiger partial charge in [-0.15, -0.1) is 0 Å². The number of amides is 1. The largest absolute Gasteiger partial charge is 0.478 e. The summed E-state index contributed by atoms with van der Waals surface area (Å²) in [5.74, 6) is 1.35. The molecular weight excluding hydrogens is 320 g/mol. The maximum Gasteiger partial charge on any atom is 0.263 e. The number of nitrogens with zero attached hydrogens (tertiary/aromatic N) is 3. The molecule has 1 fully saturated rings. The second-order valence-electron chi connectivity index (χ2n) is 6.35. The molecule has 0 radical (unpaired) electrons. The van der Waals surface area contributed by atoms with Gasteiger partial charge in [-0.1, -0.05) is 30.3 Å². The van der Waals surface area contributed by atoms with Crippen LogP contribution in [0.1, 0.15) is 24.2 Å². The van der Waals surface area contributed by atoms with Gasteiger partial charge in [0.05, 0.1) is 24.4 Å². The van der Waals surface area contributed by atoms with Crippen LogP contribution in [0.15, 0.2) is 30.3 Å². The summed E-state index contributed by atoms with van der Waals surface area (Å²) in [7, 11) is 0. The fourth-order valence-electron chi connectivity index (χ4n) is 3.21. The van der Waals surface area contributed by atoms with Crippen molar-refractivity contribution in [1.29, 1.82) is 0 Å². The molecule has 1 N–H and O–H groups in total. The molecule has 0 saturated carbocycles. The van der Waals surface area contributed by atoms with Crippen LogP contribution in [-0.4, -0.2) is 41.7 Å².